The van der Waals surface area contributed by atoms with E-state index in [2.05, 4.69) is 21.2 Å². The Balaban J connectivity index is 2.04. The lowest BCUT2D eigenvalue weighted by Gasteiger charge is -2.32. The van der Waals surface area contributed by atoms with Crippen molar-refractivity contribution >= 4 is 55.1 Å². The van der Waals surface area contributed by atoms with Crippen molar-refractivity contribution in [3.63, 3.8) is 0 Å². The molecule has 0 aromatic heterocycles. The summed E-state index contributed by atoms with van der Waals surface area (Å²) in [7, 11) is -4.15. The number of anilines is 1. The Bertz CT molecular complexity index is 1430. The van der Waals surface area contributed by atoms with E-state index >= 15 is 0 Å². The second kappa shape index (κ2) is 13.5. The average Bonchev–Trinajstić information content (AvgIpc) is 2.90. The minimum absolute atomic E-state index is 0.00482. The molecule has 3 rings (SSSR count). The van der Waals surface area contributed by atoms with E-state index in [0.29, 0.717) is 17.3 Å². The number of hydrogen-bond donors (Lipinski definition) is 1. The number of nitrogens with one attached hydrogen (secondary N) is 1. The zero-order chi connectivity index (χ0) is 28.7. The summed E-state index contributed by atoms with van der Waals surface area (Å²) < 4.78 is 29.7. The van der Waals surface area contributed by atoms with Crippen molar-refractivity contribution in [3.05, 3.63) is 92.9 Å². The topological polar surface area (TPSA) is 86.8 Å². The van der Waals surface area contributed by atoms with E-state index < -0.39 is 28.5 Å². The van der Waals surface area contributed by atoms with Gasteiger partial charge in [-0.1, -0.05) is 52.7 Å². The van der Waals surface area contributed by atoms with Crippen LogP contribution in [0.5, 0.6) is 0 Å². The first-order valence-electron chi connectivity index (χ1n) is 12.6. The van der Waals surface area contributed by atoms with Gasteiger partial charge in [-0.2, -0.15) is 0 Å². The first-order chi connectivity index (χ1) is 18.4. The summed E-state index contributed by atoms with van der Waals surface area (Å²) in [5.74, 6) is -0.816. The number of hydrogen-bond acceptors (Lipinski definition) is 4. The highest BCUT2D eigenvalue weighted by atomic mass is 79.9. The van der Waals surface area contributed by atoms with Gasteiger partial charge in [-0.15, -0.1) is 0 Å². The van der Waals surface area contributed by atoms with Crippen LogP contribution in [0, 0.1) is 13.8 Å². The number of benzene rings is 3. The summed E-state index contributed by atoms with van der Waals surface area (Å²) in [6, 6.07) is 17.7. The number of carbonyl (C=O) groups excluding carboxylic acids is 2. The number of carbonyl (C=O) groups is 2. The third kappa shape index (κ3) is 7.84. The molecule has 0 aliphatic heterocycles. The van der Waals surface area contributed by atoms with Crippen molar-refractivity contribution in [3.8, 4) is 0 Å². The molecular formula is C29H33BrClN3O4S. The van der Waals surface area contributed by atoms with Crippen LogP contribution in [0.15, 0.2) is 76.1 Å². The number of sulfonamides is 1. The Kier molecular flexibility index (Phi) is 10.6. The van der Waals surface area contributed by atoms with Gasteiger partial charge in [0.1, 0.15) is 12.6 Å². The number of aryl methyl sites for hydroxylation is 2. The predicted molar refractivity (Wildman–Crippen MR) is 159 cm³/mol. The van der Waals surface area contributed by atoms with E-state index in [1.807, 2.05) is 51.1 Å². The molecule has 0 aliphatic carbocycles. The zero-order valence-corrected chi connectivity index (χ0v) is 25.6. The largest absolute Gasteiger partial charge is 0.354 e. The fourth-order valence-electron chi connectivity index (χ4n) is 3.95. The minimum atomic E-state index is -4.15. The summed E-state index contributed by atoms with van der Waals surface area (Å²) in [5.41, 5.74) is 3.03. The lowest BCUT2D eigenvalue weighted by atomic mass is 10.1. The smallest absolute Gasteiger partial charge is 0.264 e. The Morgan fingerprint density at radius 3 is 2.31 bits per heavy atom. The number of halogens is 2. The molecular weight excluding hydrogens is 602 g/mol. The molecule has 0 fully saturated rings. The highest BCUT2D eigenvalue weighted by Gasteiger charge is 2.32. The summed E-state index contributed by atoms with van der Waals surface area (Å²) in [5, 5.41) is 3.24. The first-order valence-corrected chi connectivity index (χ1v) is 15.2. The van der Waals surface area contributed by atoms with Crippen molar-refractivity contribution in [1.82, 2.24) is 10.2 Å². The van der Waals surface area contributed by atoms with Gasteiger partial charge >= 0.3 is 0 Å². The molecule has 208 valence electrons. The van der Waals surface area contributed by atoms with Gasteiger partial charge in [0.25, 0.3) is 10.0 Å². The van der Waals surface area contributed by atoms with Crippen LogP contribution >= 0.6 is 27.5 Å². The van der Waals surface area contributed by atoms with Gasteiger partial charge in [-0.3, -0.25) is 13.9 Å². The molecule has 39 heavy (non-hydrogen) atoms. The summed E-state index contributed by atoms with van der Waals surface area (Å²) in [6.07, 6.45) is 0.748. The van der Waals surface area contributed by atoms with Crippen LogP contribution in [0.2, 0.25) is 5.02 Å². The van der Waals surface area contributed by atoms with E-state index in [1.54, 1.807) is 19.1 Å². The summed E-state index contributed by atoms with van der Waals surface area (Å²) in [6.45, 7) is 7.51. The quantitative estimate of drug-likeness (QED) is 0.286. The molecule has 1 unspecified atom stereocenters. The molecule has 10 heteroatoms. The van der Waals surface area contributed by atoms with Gasteiger partial charge in [0, 0.05) is 22.6 Å². The Hall–Kier alpha value is -2.88. The van der Waals surface area contributed by atoms with E-state index in [4.69, 9.17) is 11.6 Å². The normalized spacial score (nSPS) is 12.1. The first kappa shape index (κ1) is 30.7. The molecule has 0 saturated carbocycles. The SMILES string of the molecule is CCCNC(=O)C(C)N(Cc1cccc(Br)c1)C(=O)CN(c1ccc(C)c(C)c1)S(=O)(=O)c1ccc(Cl)cc1. The van der Waals surface area contributed by atoms with Crippen molar-refractivity contribution < 1.29 is 18.0 Å². The number of nitrogens with zero attached hydrogens (tertiary/aromatic N) is 2. The maximum atomic E-state index is 13.9. The molecule has 1 atom stereocenters. The van der Waals surface area contributed by atoms with Crippen molar-refractivity contribution in [2.24, 2.45) is 0 Å². The fourth-order valence-corrected chi connectivity index (χ4v) is 5.93. The van der Waals surface area contributed by atoms with Crippen LogP contribution in [-0.2, 0) is 26.2 Å². The zero-order valence-electron chi connectivity index (χ0n) is 22.4. The van der Waals surface area contributed by atoms with Crippen LogP contribution in [0.3, 0.4) is 0 Å². The molecule has 0 spiro atoms. The Morgan fingerprint density at radius 1 is 1.00 bits per heavy atom. The molecule has 3 aromatic carbocycles. The number of rotatable bonds is 11. The molecule has 2 amide bonds. The van der Waals surface area contributed by atoms with Crippen LogP contribution in [0.1, 0.15) is 37.0 Å². The lowest BCUT2D eigenvalue weighted by Crippen LogP contribution is -2.51. The van der Waals surface area contributed by atoms with Crippen LogP contribution in [-0.4, -0.2) is 44.3 Å². The van der Waals surface area contributed by atoms with E-state index in [1.165, 1.54) is 29.2 Å². The van der Waals surface area contributed by atoms with Crippen LogP contribution in [0.25, 0.3) is 0 Å². The van der Waals surface area contributed by atoms with Gasteiger partial charge in [0.2, 0.25) is 11.8 Å². The van der Waals surface area contributed by atoms with Gasteiger partial charge in [0.15, 0.2) is 0 Å². The molecule has 3 aromatic rings. The molecule has 0 saturated heterocycles. The van der Waals surface area contributed by atoms with Gasteiger partial charge < -0.3 is 10.2 Å². The maximum Gasteiger partial charge on any atom is 0.264 e. The van der Waals surface area contributed by atoms with E-state index in [-0.39, 0.29) is 17.3 Å². The minimum Gasteiger partial charge on any atom is -0.354 e. The molecule has 0 radical (unpaired) electrons. The third-order valence-electron chi connectivity index (χ3n) is 6.42. The molecule has 1 N–H and O–H groups in total. The van der Waals surface area contributed by atoms with Crippen molar-refractivity contribution in [2.45, 2.75) is 51.6 Å². The van der Waals surface area contributed by atoms with Crippen molar-refractivity contribution in [2.75, 3.05) is 17.4 Å². The van der Waals surface area contributed by atoms with Gasteiger partial charge in [-0.05, 0) is 92.4 Å². The van der Waals surface area contributed by atoms with E-state index in [0.717, 1.165) is 31.9 Å². The molecule has 0 bridgehead atoms. The number of amides is 2. The maximum absolute atomic E-state index is 13.9. The highest BCUT2D eigenvalue weighted by Crippen LogP contribution is 2.27. The van der Waals surface area contributed by atoms with E-state index in [9.17, 15) is 18.0 Å². The molecule has 0 heterocycles. The van der Waals surface area contributed by atoms with Gasteiger partial charge in [-0.25, -0.2) is 8.42 Å². The second-order valence-electron chi connectivity index (χ2n) is 9.35. The summed E-state index contributed by atoms with van der Waals surface area (Å²) >= 11 is 9.45. The lowest BCUT2D eigenvalue weighted by molar-refractivity contribution is -0.139. The van der Waals surface area contributed by atoms with Crippen molar-refractivity contribution in [1.29, 1.82) is 0 Å². The fraction of sp³-hybridized carbons (Fsp3) is 0.310. The standard InChI is InChI=1S/C29H33BrClN3O4S/c1-5-15-32-29(36)22(4)33(18-23-7-6-8-24(30)17-23)28(35)19-34(26-12-9-20(2)21(3)16-26)39(37,38)27-13-10-25(31)11-14-27/h6-14,16-17,22H,5,15,18-19H2,1-4H3,(H,32,36). The average molecular weight is 635 g/mol. The molecule has 7 nitrogen and oxygen atoms in total. The van der Waals surface area contributed by atoms with Crippen LogP contribution in [0.4, 0.5) is 5.69 Å². The summed E-state index contributed by atoms with van der Waals surface area (Å²) in [4.78, 5) is 28.3. The third-order valence-corrected chi connectivity index (χ3v) is 8.95. The molecule has 0 aliphatic rings. The highest BCUT2D eigenvalue weighted by molar-refractivity contribution is 9.10. The van der Waals surface area contributed by atoms with Gasteiger partial charge in [0.05, 0.1) is 10.6 Å². The predicted octanol–water partition coefficient (Wildman–Crippen LogP) is 5.86. The van der Waals surface area contributed by atoms with Crippen LogP contribution < -0.4 is 9.62 Å². The monoisotopic (exact) mass is 633 g/mol. The Morgan fingerprint density at radius 2 is 1.69 bits per heavy atom. The Labute approximate surface area is 244 Å². The second-order valence-corrected chi connectivity index (χ2v) is 12.6.